The number of rotatable bonds is 20. The van der Waals surface area contributed by atoms with Crippen molar-refractivity contribution < 1.29 is 42.0 Å². The zero-order valence-corrected chi connectivity index (χ0v) is 27.3. The van der Waals surface area contributed by atoms with E-state index in [1.807, 2.05) is 38.1 Å². The minimum absolute atomic E-state index is 0.0921. The lowest BCUT2D eigenvalue weighted by Gasteiger charge is -2.32. The van der Waals surface area contributed by atoms with Crippen molar-refractivity contribution in [3.05, 3.63) is 59.2 Å². The molecule has 11 nitrogen and oxygen atoms in total. The van der Waals surface area contributed by atoms with Gasteiger partial charge >= 0.3 is 6.09 Å². The van der Waals surface area contributed by atoms with E-state index in [4.69, 9.17) is 28.8 Å². The number of sulfonamides is 1. The van der Waals surface area contributed by atoms with Gasteiger partial charge in [-0.3, -0.25) is 0 Å². The fourth-order valence-corrected chi connectivity index (χ4v) is 6.37. The lowest BCUT2D eigenvalue weighted by Crippen LogP contribution is -2.35. The number of carbonyl (C=O) groups excluding carboxylic acids is 1. The van der Waals surface area contributed by atoms with Crippen LogP contribution in [0.3, 0.4) is 0 Å². The van der Waals surface area contributed by atoms with E-state index in [2.05, 4.69) is 4.72 Å². The Hall–Kier alpha value is -2.74. The molecule has 250 valence electrons. The topological polar surface area (TPSA) is 133 Å². The Morgan fingerprint density at radius 3 is 2.58 bits per heavy atom. The summed E-state index contributed by atoms with van der Waals surface area (Å²) in [4.78, 5) is 14.5. The minimum Gasteiger partial charge on any atom is -0.463 e. The first kappa shape index (κ1) is 35.1. The van der Waals surface area contributed by atoms with Crippen molar-refractivity contribution in [3.8, 4) is 5.75 Å². The van der Waals surface area contributed by atoms with Gasteiger partial charge in [0.15, 0.2) is 0 Å². The molecule has 2 aromatic carbocycles. The van der Waals surface area contributed by atoms with Gasteiger partial charge in [0.25, 0.3) is 0 Å². The van der Waals surface area contributed by atoms with E-state index in [9.17, 15) is 13.2 Å². The monoisotopic (exact) mass is 648 g/mol. The quantitative estimate of drug-likeness (QED) is 0.196. The molecule has 2 aromatic rings. The fraction of sp³-hybridized carbons (Fsp3) is 0.606. The molecular weight excluding hydrogens is 600 g/mol. The number of ether oxygens (including phenoxy) is 5. The molecule has 1 atom stereocenters. The highest BCUT2D eigenvalue weighted by Gasteiger charge is 2.33. The van der Waals surface area contributed by atoms with Crippen LogP contribution in [0.4, 0.5) is 4.79 Å². The lowest BCUT2D eigenvalue weighted by atomic mass is 10.0. The van der Waals surface area contributed by atoms with Crippen LogP contribution in [0, 0.1) is 0 Å². The summed E-state index contributed by atoms with van der Waals surface area (Å²) in [5.41, 5.74) is 2.90. The number of nitrogens with zero attached hydrogens (tertiary/aromatic N) is 1. The van der Waals surface area contributed by atoms with Gasteiger partial charge in [-0.25, -0.2) is 17.9 Å². The Morgan fingerprint density at radius 2 is 1.76 bits per heavy atom. The number of hydrogen-bond donors (Lipinski definition) is 2. The molecule has 0 aliphatic carbocycles. The Kier molecular flexibility index (Phi) is 13.5. The second-order valence-electron chi connectivity index (χ2n) is 11.8. The highest BCUT2D eigenvalue weighted by molar-refractivity contribution is 7.89. The molecule has 2 heterocycles. The average molecular weight is 649 g/mol. The van der Waals surface area contributed by atoms with Crippen LogP contribution in [-0.2, 0) is 42.0 Å². The SMILES string of the molecule is CC1(C)OCc2cc(C3CN(CCCCCCOCCCCc4cccc(S(=O)(=O)NCCOCCO)c4)C(=O)O3)ccc2O1. The van der Waals surface area contributed by atoms with Crippen LogP contribution < -0.4 is 9.46 Å². The van der Waals surface area contributed by atoms with Crippen molar-refractivity contribution in [2.45, 2.75) is 82.2 Å². The first-order valence-corrected chi connectivity index (χ1v) is 17.4. The molecule has 0 bridgehead atoms. The molecule has 0 spiro atoms. The molecule has 45 heavy (non-hydrogen) atoms. The Morgan fingerprint density at radius 1 is 0.978 bits per heavy atom. The van der Waals surface area contributed by atoms with Crippen molar-refractivity contribution in [2.75, 3.05) is 52.7 Å². The number of hydrogen-bond acceptors (Lipinski definition) is 9. The average Bonchev–Trinajstić information content (AvgIpc) is 3.39. The van der Waals surface area contributed by atoms with Crippen molar-refractivity contribution in [1.29, 1.82) is 0 Å². The molecule has 4 rings (SSSR count). The minimum atomic E-state index is -3.60. The smallest absolute Gasteiger partial charge is 0.410 e. The summed E-state index contributed by atoms with van der Waals surface area (Å²) in [6, 6.07) is 12.9. The van der Waals surface area contributed by atoms with Gasteiger partial charge in [-0.15, -0.1) is 0 Å². The molecule has 1 unspecified atom stereocenters. The molecule has 1 fully saturated rings. The molecule has 1 saturated heterocycles. The van der Waals surface area contributed by atoms with Crippen LogP contribution >= 0.6 is 0 Å². The summed E-state index contributed by atoms with van der Waals surface area (Å²) in [6.45, 7) is 7.31. The van der Waals surface area contributed by atoms with Gasteiger partial charge in [0.05, 0.1) is 37.9 Å². The summed E-state index contributed by atoms with van der Waals surface area (Å²) in [5, 5.41) is 8.72. The standard InChI is InChI=1S/C33H48N2O9S/c1-33(2)42-25-28-23-27(13-14-30(28)44-33)31-24-35(32(37)43-31)16-6-3-4-7-18-40-19-8-5-10-26-11-9-12-29(22-26)45(38,39)34-15-20-41-21-17-36/h9,11-14,22-23,31,34,36H,3-8,10,15-21,24-25H2,1-2H3. The van der Waals surface area contributed by atoms with Gasteiger partial charge in [-0.1, -0.05) is 31.0 Å². The number of aliphatic hydroxyl groups is 1. The Labute approximate surface area is 267 Å². The summed E-state index contributed by atoms with van der Waals surface area (Å²) < 4.78 is 55.7. The summed E-state index contributed by atoms with van der Waals surface area (Å²) in [5.74, 6) is 0.170. The second kappa shape index (κ2) is 17.3. The molecule has 12 heteroatoms. The van der Waals surface area contributed by atoms with Gasteiger partial charge in [0.1, 0.15) is 11.9 Å². The van der Waals surface area contributed by atoms with E-state index in [0.29, 0.717) is 32.9 Å². The summed E-state index contributed by atoms with van der Waals surface area (Å²) in [6.07, 6.45) is 5.99. The largest absolute Gasteiger partial charge is 0.463 e. The Balaban J connectivity index is 1.02. The highest BCUT2D eigenvalue weighted by Crippen LogP contribution is 2.35. The first-order valence-electron chi connectivity index (χ1n) is 15.9. The van der Waals surface area contributed by atoms with Crippen molar-refractivity contribution in [3.63, 3.8) is 0 Å². The number of carbonyl (C=O) groups is 1. The molecule has 0 aromatic heterocycles. The first-order chi connectivity index (χ1) is 21.7. The highest BCUT2D eigenvalue weighted by atomic mass is 32.2. The number of aryl methyl sites for hydroxylation is 1. The van der Waals surface area contributed by atoms with E-state index in [0.717, 1.165) is 67.4 Å². The van der Waals surface area contributed by atoms with Crippen LogP contribution in [0.25, 0.3) is 0 Å². The van der Waals surface area contributed by atoms with E-state index < -0.39 is 15.8 Å². The molecular formula is C33H48N2O9S. The predicted molar refractivity (Wildman–Crippen MR) is 168 cm³/mol. The third kappa shape index (κ3) is 11.2. The number of unbranched alkanes of at least 4 members (excludes halogenated alkanes) is 4. The number of aliphatic hydroxyl groups excluding tert-OH is 1. The molecule has 2 aliphatic rings. The Bertz CT molecular complexity index is 1340. The van der Waals surface area contributed by atoms with Crippen LogP contribution in [0.1, 0.15) is 75.2 Å². The van der Waals surface area contributed by atoms with E-state index in [1.165, 1.54) is 0 Å². The predicted octanol–water partition coefficient (Wildman–Crippen LogP) is 4.71. The number of cyclic esters (lactones) is 1. The van der Waals surface area contributed by atoms with Crippen molar-refractivity contribution in [1.82, 2.24) is 9.62 Å². The van der Waals surface area contributed by atoms with E-state index in [1.54, 1.807) is 23.1 Å². The van der Waals surface area contributed by atoms with E-state index >= 15 is 0 Å². The van der Waals surface area contributed by atoms with Crippen molar-refractivity contribution >= 4 is 16.1 Å². The lowest BCUT2D eigenvalue weighted by molar-refractivity contribution is -0.180. The van der Waals surface area contributed by atoms with Crippen LogP contribution in [-0.4, -0.2) is 83.0 Å². The maximum Gasteiger partial charge on any atom is 0.410 e. The second-order valence-corrected chi connectivity index (χ2v) is 13.6. The van der Waals surface area contributed by atoms with Crippen molar-refractivity contribution in [2.24, 2.45) is 0 Å². The van der Waals surface area contributed by atoms with Crippen LogP contribution in [0.2, 0.25) is 0 Å². The molecule has 0 saturated carbocycles. The number of nitrogens with one attached hydrogen (secondary N) is 1. The van der Waals surface area contributed by atoms with E-state index in [-0.39, 0.29) is 43.5 Å². The fourth-order valence-electron chi connectivity index (χ4n) is 5.28. The molecule has 2 N–H and O–H groups in total. The molecule has 2 aliphatic heterocycles. The maximum absolute atomic E-state index is 12.5. The third-order valence-electron chi connectivity index (χ3n) is 7.73. The summed E-state index contributed by atoms with van der Waals surface area (Å²) >= 11 is 0. The third-order valence-corrected chi connectivity index (χ3v) is 9.19. The van der Waals surface area contributed by atoms with Crippen LogP contribution in [0.15, 0.2) is 47.4 Å². The normalized spacial score (nSPS) is 17.6. The molecule has 1 amide bonds. The van der Waals surface area contributed by atoms with Gasteiger partial charge in [-0.05, 0) is 67.5 Å². The van der Waals surface area contributed by atoms with Gasteiger partial charge in [0.2, 0.25) is 15.8 Å². The number of benzene rings is 2. The number of amides is 1. The maximum atomic E-state index is 12.5. The van der Waals surface area contributed by atoms with Gasteiger partial charge < -0.3 is 33.7 Å². The molecule has 0 radical (unpaired) electrons. The zero-order valence-electron chi connectivity index (χ0n) is 26.5. The van der Waals surface area contributed by atoms with Crippen LogP contribution in [0.5, 0.6) is 5.75 Å². The zero-order chi connectivity index (χ0) is 32.1. The van der Waals surface area contributed by atoms with Gasteiger partial charge in [-0.2, -0.15) is 0 Å². The van der Waals surface area contributed by atoms with Gasteiger partial charge in [0, 0.05) is 45.7 Å². The number of fused-ring (bicyclic) bond motifs is 1. The summed E-state index contributed by atoms with van der Waals surface area (Å²) in [7, 11) is -3.60.